The largest absolute Gasteiger partial charge is 0.355 e. The number of nitrogens with two attached hydrogens (primary N) is 1. The third-order valence-electron chi connectivity index (χ3n) is 3.76. The van der Waals surface area contributed by atoms with Gasteiger partial charge in [-0.25, -0.2) is 0 Å². The van der Waals surface area contributed by atoms with Crippen LogP contribution >= 0.6 is 0 Å². The van der Waals surface area contributed by atoms with Crippen LogP contribution < -0.4 is 10.6 Å². The van der Waals surface area contributed by atoms with Gasteiger partial charge in [-0.05, 0) is 13.3 Å². The highest BCUT2D eigenvalue weighted by molar-refractivity contribution is 5.73. The predicted molar refractivity (Wildman–Crippen MR) is 74.9 cm³/mol. The van der Waals surface area contributed by atoms with Gasteiger partial charge >= 0.3 is 0 Å². The zero-order valence-corrected chi connectivity index (χ0v) is 12.0. The van der Waals surface area contributed by atoms with Gasteiger partial charge < -0.3 is 15.5 Å². The zero-order valence-electron chi connectivity index (χ0n) is 12.0. The Kier molecular flexibility index (Phi) is 4.09. The molecule has 0 radical (unpaired) electrons. The number of anilines is 1. The molecule has 6 heteroatoms. The third kappa shape index (κ3) is 2.73. The number of nitrogens with zero attached hydrogens (tertiary/aromatic N) is 4. The minimum Gasteiger partial charge on any atom is -0.355 e. The van der Waals surface area contributed by atoms with E-state index in [2.05, 4.69) is 10.00 Å². The van der Waals surface area contributed by atoms with Gasteiger partial charge in [-0.2, -0.15) is 5.10 Å². The molecule has 0 spiro atoms. The van der Waals surface area contributed by atoms with Gasteiger partial charge in [0.15, 0.2) is 0 Å². The van der Waals surface area contributed by atoms with Gasteiger partial charge in [-0.1, -0.05) is 0 Å². The predicted octanol–water partition coefficient (Wildman–Crippen LogP) is 0.246. The first-order valence-electron chi connectivity index (χ1n) is 6.77. The van der Waals surface area contributed by atoms with Crippen LogP contribution in [0, 0.1) is 6.92 Å². The van der Waals surface area contributed by atoms with Crippen LogP contribution in [0.25, 0.3) is 0 Å². The van der Waals surface area contributed by atoms with E-state index in [-0.39, 0.29) is 5.91 Å². The molecule has 1 aromatic heterocycles. The van der Waals surface area contributed by atoms with Gasteiger partial charge in [0.05, 0.1) is 5.69 Å². The average Bonchev–Trinajstić information content (AvgIpc) is 2.56. The van der Waals surface area contributed by atoms with E-state index < -0.39 is 0 Å². The average molecular weight is 265 g/mol. The fourth-order valence-electron chi connectivity index (χ4n) is 2.77. The molecule has 2 heterocycles. The van der Waals surface area contributed by atoms with Crippen molar-refractivity contribution < 1.29 is 4.79 Å². The maximum atomic E-state index is 11.5. The molecule has 1 aliphatic heterocycles. The lowest BCUT2D eigenvalue weighted by Gasteiger charge is -2.24. The van der Waals surface area contributed by atoms with E-state index in [9.17, 15) is 4.79 Å². The van der Waals surface area contributed by atoms with Gasteiger partial charge in [0.25, 0.3) is 0 Å². The minimum absolute atomic E-state index is 0.155. The van der Waals surface area contributed by atoms with Crippen molar-refractivity contribution in [1.82, 2.24) is 14.7 Å². The summed E-state index contributed by atoms with van der Waals surface area (Å²) in [7, 11) is 1.95. The van der Waals surface area contributed by atoms with Crippen molar-refractivity contribution in [3.63, 3.8) is 0 Å². The maximum absolute atomic E-state index is 11.5. The van der Waals surface area contributed by atoms with Crippen molar-refractivity contribution in [2.24, 2.45) is 12.8 Å². The van der Waals surface area contributed by atoms with Crippen LogP contribution in [-0.2, 0) is 18.4 Å². The molecule has 1 saturated heterocycles. The Bertz CT molecular complexity index is 468. The molecular weight excluding hydrogens is 242 g/mol. The highest BCUT2D eigenvalue weighted by Gasteiger charge is 2.22. The lowest BCUT2D eigenvalue weighted by Crippen LogP contribution is -2.34. The first-order valence-corrected chi connectivity index (χ1v) is 6.77. The van der Waals surface area contributed by atoms with Crippen LogP contribution in [0.3, 0.4) is 0 Å². The quantitative estimate of drug-likeness (QED) is 0.832. The molecule has 0 bridgehead atoms. The molecule has 0 atom stereocenters. The number of aryl methyl sites for hydroxylation is 2. The summed E-state index contributed by atoms with van der Waals surface area (Å²) in [6, 6.07) is 0. The van der Waals surface area contributed by atoms with Crippen molar-refractivity contribution in [1.29, 1.82) is 0 Å². The number of carbonyl (C=O) groups is 1. The highest BCUT2D eigenvalue weighted by atomic mass is 16.2. The first-order chi connectivity index (χ1) is 9.04. The van der Waals surface area contributed by atoms with Crippen molar-refractivity contribution in [3.05, 3.63) is 11.3 Å². The summed E-state index contributed by atoms with van der Waals surface area (Å²) >= 11 is 0. The molecule has 106 valence electrons. The molecule has 6 nitrogen and oxygen atoms in total. The van der Waals surface area contributed by atoms with E-state index in [0.29, 0.717) is 6.54 Å². The number of carbonyl (C=O) groups excluding carboxylic acids is 1. The third-order valence-corrected chi connectivity index (χ3v) is 3.76. The Balaban J connectivity index is 2.21. The van der Waals surface area contributed by atoms with Gasteiger partial charge in [0.2, 0.25) is 5.91 Å². The molecule has 0 unspecified atom stereocenters. The van der Waals surface area contributed by atoms with E-state index in [1.165, 1.54) is 0 Å². The number of hydrogen-bond acceptors (Lipinski definition) is 4. The summed E-state index contributed by atoms with van der Waals surface area (Å²) in [4.78, 5) is 15.7. The maximum Gasteiger partial charge on any atom is 0.219 e. The topological polar surface area (TPSA) is 67.4 Å². The fraction of sp³-hybridized carbons (Fsp3) is 0.692. The molecule has 2 rings (SSSR count). The number of hydrogen-bond donors (Lipinski definition) is 1. The Morgan fingerprint density at radius 2 is 2.05 bits per heavy atom. The van der Waals surface area contributed by atoms with Crippen molar-refractivity contribution in [3.8, 4) is 0 Å². The SMILES string of the molecule is CC(=O)N1CCCN(c2c(CN)c(C)nn2C)CC1. The van der Waals surface area contributed by atoms with E-state index in [4.69, 9.17) is 5.73 Å². The van der Waals surface area contributed by atoms with Crippen LogP contribution in [0.15, 0.2) is 0 Å². The summed E-state index contributed by atoms with van der Waals surface area (Å²) in [5.74, 6) is 1.26. The van der Waals surface area contributed by atoms with Crippen LogP contribution in [-0.4, -0.2) is 46.8 Å². The fourth-order valence-corrected chi connectivity index (χ4v) is 2.77. The second-order valence-electron chi connectivity index (χ2n) is 5.06. The minimum atomic E-state index is 0.155. The second-order valence-corrected chi connectivity index (χ2v) is 5.06. The van der Waals surface area contributed by atoms with Gasteiger partial charge in [0, 0.05) is 52.3 Å². The molecule has 1 amide bonds. The summed E-state index contributed by atoms with van der Waals surface area (Å²) < 4.78 is 1.90. The van der Waals surface area contributed by atoms with Gasteiger partial charge in [0.1, 0.15) is 5.82 Å². The normalized spacial score (nSPS) is 16.6. The Labute approximate surface area is 114 Å². The highest BCUT2D eigenvalue weighted by Crippen LogP contribution is 2.23. The Hall–Kier alpha value is -1.56. The Morgan fingerprint density at radius 3 is 2.68 bits per heavy atom. The van der Waals surface area contributed by atoms with Crippen LogP contribution in [0.1, 0.15) is 24.6 Å². The van der Waals surface area contributed by atoms with Gasteiger partial charge in [-0.15, -0.1) is 0 Å². The van der Waals surface area contributed by atoms with E-state index >= 15 is 0 Å². The molecular formula is C13H23N5O. The smallest absolute Gasteiger partial charge is 0.219 e. The van der Waals surface area contributed by atoms with Crippen LogP contribution in [0.2, 0.25) is 0 Å². The first kappa shape index (κ1) is 13.9. The lowest BCUT2D eigenvalue weighted by atomic mass is 10.2. The molecule has 0 aromatic carbocycles. The number of aromatic nitrogens is 2. The van der Waals surface area contributed by atoms with Crippen LogP contribution in [0.4, 0.5) is 5.82 Å². The van der Waals surface area contributed by atoms with Crippen molar-refractivity contribution in [2.45, 2.75) is 26.8 Å². The monoisotopic (exact) mass is 265 g/mol. The summed E-state index contributed by atoms with van der Waals surface area (Å²) in [5.41, 5.74) is 7.94. The van der Waals surface area contributed by atoms with E-state index in [0.717, 1.165) is 49.7 Å². The molecule has 1 aromatic rings. The van der Waals surface area contributed by atoms with Crippen LogP contribution in [0.5, 0.6) is 0 Å². The zero-order chi connectivity index (χ0) is 14.0. The second kappa shape index (κ2) is 5.61. The lowest BCUT2D eigenvalue weighted by molar-refractivity contribution is -0.128. The number of amides is 1. The molecule has 2 N–H and O–H groups in total. The summed E-state index contributed by atoms with van der Waals surface area (Å²) in [6.45, 7) is 7.51. The summed E-state index contributed by atoms with van der Waals surface area (Å²) in [5, 5.41) is 4.46. The molecule has 1 fully saturated rings. The standard InChI is InChI=1S/C13H23N5O/c1-10-12(9-14)13(16(3)15-10)18-6-4-5-17(7-8-18)11(2)19/h4-9,14H2,1-3H3. The van der Waals surface area contributed by atoms with E-state index in [1.54, 1.807) is 6.92 Å². The number of rotatable bonds is 2. The van der Waals surface area contributed by atoms with Crippen molar-refractivity contribution in [2.75, 3.05) is 31.1 Å². The molecule has 0 saturated carbocycles. The summed E-state index contributed by atoms with van der Waals surface area (Å²) in [6.07, 6.45) is 0.980. The van der Waals surface area contributed by atoms with Gasteiger partial charge in [-0.3, -0.25) is 9.48 Å². The molecule has 1 aliphatic rings. The van der Waals surface area contributed by atoms with E-state index in [1.807, 2.05) is 23.6 Å². The molecule has 19 heavy (non-hydrogen) atoms. The van der Waals surface area contributed by atoms with Crippen molar-refractivity contribution >= 4 is 11.7 Å². The Morgan fingerprint density at radius 1 is 1.32 bits per heavy atom. The molecule has 0 aliphatic carbocycles.